The van der Waals surface area contributed by atoms with Crippen LogP contribution >= 0.6 is 0 Å². The minimum absolute atomic E-state index is 0.527. The zero-order chi connectivity index (χ0) is 11.7. The van der Waals surface area contributed by atoms with Crippen molar-refractivity contribution < 1.29 is 4.74 Å². The molecule has 1 aromatic rings. The average molecular weight is 229 g/mol. The third kappa shape index (κ3) is 1.98. The Hall–Kier alpha value is -1.28. The van der Waals surface area contributed by atoms with E-state index in [0.717, 1.165) is 11.8 Å². The molecule has 2 heterocycles. The first kappa shape index (κ1) is 10.8. The Bertz CT molecular complexity index is 438. The van der Waals surface area contributed by atoms with Gasteiger partial charge in [0.2, 0.25) is 0 Å². The second-order valence-electron chi connectivity index (χ2n) is 4.93. The Morgan fingerprint density at radius 2 is 2.06 bits per heavy atom. The van der Waals surface area contributed by atoms with Gasteiger partial charge in [-0.1, -0.05) is 24.3 Å². The van der Waals surface area contributed by atoms with Crippen LogP contribution in [0.5, 0.6) is 5.75 Å². The molecule has 2 aliphatic heterocycles. The van der Waals surface area contributed by atoms with E-state index in [9.17, 15) is 0 Å². The van der Waals surface area contributed by atoms with Gasteiger partial charge in [0.05, 0.1) is 7.11 Å². The van der Waals surface area contributed by atoms with Gasteiger partial charge in [-0.2, -0.15) is 0 Å². The summed E-state index contributed by atoms with van der Waals surface area (Å²) in [7, 11) is 1.75. The van der Waals surface area contributed by atoms with Crippen molar-refractivity contribution in [3.05, 3.63) is 35.9 Å². The highest BCUT2D eigenvalue weighted by Crippen LogP contribution is 2.35. The van der Waals surface area contributed by atoms with Crippen molar-refractivity contribution in [3.63, 3.8) is 0 Å². The van der Waals surface area contributed by atoms with Gasteiger partial charge in [0.1, 0.15) is 5.75 Å². The molecule has 2 heteroatoms. The lowest BCUT2D eigenvalue weighted by atomic mass is 9.93. The monoisotopic (exact) mass is 229 g/mol. The standard InChI is InChI=1S/C15H19NO/c1-17-15-8-3-2-6-13(15)12-7-4-5-11-9-10-14(12)16-11/h2-3,6-8,11,14,16H,4-5,9-10H2,1H3. The second kappa shape index (κ2) is 4.53. The molecule has 3 rings (SSSR count). The van der Waals surface area contributed by atoms with Gasteiger partial charge in [-0.25, -0.2) is 0 Å². The number of nitrogens with one attached hydrogen (secondary N) is 1. The molecule has 1 fully saturated rings. The van der Waals surface area contributed by atoms with Gasteiger partial charge in [0.25, 0.3) is 0 Å². The molecular weight excluding hydrogens is 210 g/mol. The Balaban J connectivity index is 1.99. The van der Waals surface area contributed by atoms with Gasteiger partial charge in [-0.3, -0.25) is 0 Å². The van der Waals surface area contributed by atoms with E-state index < -0.39 is 0 Å². The highest BCUT2D eigenvalue weighted by atomic mass is 16.5. The van der Waals surface area contributed by atoms with Crippen LogP contribution in [0.1, 0.15) is 31.2 Å². The van der Waals surface area contributed by atoms with E-state index in [1.807, 2.05) is 12.1 Å². The van der Waals surface area contributed by atoms with Crippen molar-refractivity contribution in [1.82, 2.24) is 5.32 Å². The van der Waals surface area contributed by atoms with Crippen molar-refractivity contribution in [2.45, 2.75) is 37.8 Å². The minimum Gasteiger partial charge on any atom is -0.496 e. The van der Waals surface area contributed by atoms with E-state index in [-0.39, 0.29) is 0 Å². The molecule has 0 aromatic heterocycles. The van der Waals surface area contributed by atoms with Gasteiger partial charge < -0.3 is 10.1 Å². The number of hydrogen-bond acceptors (Lipinski definition) is 2. The maximum absolute atomic E-state index is 5.48. The van der Waals surface area contributed by atoms with Crippen LogP contribution in [-0.2, 0) is 0 Å². The zero-order valence-electron chi connectivity index (χ0n) is 10.3. The highest BCUT2D eigenvalue weighted by Gasteiger charge is 2.29. The summed E-state index contributed by atoms with van der Waals surface area (Å²) in [5, 5.41) is 3.73. The number of fused-ring (bicyclic) bond motifs is 2. The highest BCUT2D eigenvalue weighted by molar-refractivity contribution is 5.74. The second-order valence-corrected chi connectivity index (χ2v) is 4.93. The Morgan fingerprint density at radius 3 is 2.94 bits per heavy atom. The topological polar surface area (TPSA) is 21.3 Å². The van der Waals surface area contributed by atoms with Crippen LogP contribution in [0.15, 0.2) is 30.3 Å². The number of allylic oxidation sites excluding steroid dienone is 1. The number of methoxy groups -OCH3 is 1. The van der Waals surface area contributed by atoms with Crippen molar-refractivity contribution >= 4 is 5.57 Å². The van der Waals surface area contributed by atoms with E-state index >= 15 is 0 Å². The first-order chi connectivity index (χ1) is 8.38. The van der Waals surface area contributed by atoms with E-state index in [4.69, 9.17) is 4.74 Å². The number of benzene rings is 1. The van der Waals surface area contributed by atoms with E-state index in [0.29, 0.717) is 6.04 Å². The quantitative estimate of drug-likeness (QED) is 0.841. The Kier molecular flexibility index (Phi) is 2.89. The molecule has 0 saturated carbocycles. The van der Waals surface area contributed by atoms with E-state index in [1.54, 1.807) is 7.11 Å². The molecular formula is C15H19NO. The largest absolute Gasteiger partial charge is 0.496 e. The van der Waals surface area contributed by atoms with Crippen molar-refractivity contribution in [3.8, 4) is 5.75 Å². The normalized spacial score (nSPS) is 27.5. The summed E-state index contributed by atoms with van der Waals surface area (Å²) < 4.78 is 5.48. The fraction of sp³-hybridized carbons (Fsp3) is 0.467. The number of ether oxygens (including phenoxy) is 1. The lowest BCUT2D eigenvalue weighted by Crippen LogP contribution is -2.28. The van der Waals surface area contributed by atoms with Crippen LogP contribution < -0.4 is 10.1 Å². The van der Waals surface area contributed by atoms with Gasteiger partial charge >= 0.3 is 0 Å². The number of hydrogen-bond donors (Lipinski definition) is 1. The predicted octanol–water partition coefficient (Wildman–Crippen LogP) is 2.99. The minimum atomic E-state index is 0.527. The van der Waals surface area contributed by atoms with E-state index in [2.05, 4.69) is 23.5 Å². The van der Waals surface area contributed by atoms with Crippen LogP contribution in [0.4, 0.5) is 0 Å². The molecule has 0 spiro atoms. The molecule has 2 bridgehead atoms. The van der Waals surface area contributed by atoms with Crippen LogP contribution in [-0.4, -0.2) is 19.2 Å². The first-order valence-electron chi connectivity index (χ1n) is 6.48. The fourth-order valence-corrected chi connectivity index (χ4v) is 3.06. The molecule has 0 amide bonds. The number of rotatable bonds is 2. The molecule has 17 heavy (non-hydrogen) atoms. The van der Waals surface area contributed by atoms with Gasteiger partial charge in [-0.05, 0) is 37.3 Å². The molecule has 1 N–H and O–H groups in total. The maximum atomic E-state index is 5.48. The predicted molar refractivity (Wildman–Crippen MR) is 70.2 cm³/mol. The molecule has 90 valence electrons. The average Bonchev–Trinajstić information content (AvgIpc) is 2.71. The van der Waals surface area contributed by atoms with Gasteiger partial charge in [-0.15, -0.1) is 0 Å². The Morgan fingerprint density at radius 1 is 1.18 bits per heavy atom. The third-order valence-corrected chi connectivity index (χ3v) is 3.91. The molecule has 2 unspecified atom stereocenters. The molecule has 1 aromatic carbocycles. The summed E-state index contributed by atoms with van der Waals surface area (Å²) in [6.45, 7) is 0. The smallest absolute Gasteiger partial charge is 0.126 e. The van der Waals surface area contributed by atoms with Gasteiger partial charge in [0, 0.05) is 17.6 Å². The lowest BCUT2D eigenvalue weighted by Gasteiger charge is -2.17. The lowest BCUT2D eigenvalue weighted by molar-refractivity contribution is 0.413. The Labute approximate surface area is 103 Å². The van der Waals surface area contributed by atoms with Crippen LogP contribution in [0.25, 0.3) is 5.57 Å². The molecule has 0 radical (unpaired) electrons. The summed E-state index contributed by atoms with van der Waals surface area (Å²) in [6, 6.07) is 9.60. The first-order valence-corrected chi connectivity index (χ1v) is 6.48. The van der Waals surface area contributed by atoms with Crippen LogP contribution in [0.2, 0.25) is 0 Å². The van der Waals surface area contributed by atoms with E-state index in [1.165, 1.54) is 36.8 Å². The summed E-state index contributed by atoms with van der Waals surface area (Å²) in [5.74, 6) is 0.992. The van der Waals surface area contributed by atoms with Crippen molar-refractivity contribution in [1.29, 1.82) is 0 Å². The molecule has 2 atom stereocenters. The summed E-state index contributed by atoms with van der Waals surface area (Å²) in [5.41, 5.74) is 2.69. The summed E-state index contributed by atoms with van der Waals surface area (Å²) in [4.78, 5) is 0. The fourth-order valence-electron chi connectivity index (χ4n) is 3.06. The van der Waals surface area contributed by atoms with Crippen LogP contribution in [0, 0.1) is 0 Å². The summed E-state index contributed by atoms with van der Waals surface area (Å²) >= 11 is 0. The molecule has 2 nitrogen and oxygen atoms in total. The van der Waals surface area contributed by atoms with Crippen molar-refractivity contribution in [2.75, 3.05) is 7.11 Å². The maximum Gasteiger partial charge on any atom is 0.126 e. The molecule has 0 aliphatic carbocycles. The molecule has 1 saturated heterocycles. The molecule has 2 aliphatic rings. The van der Waals surface area contributed by atoms with Crippen molar-refractivity contribution in [2.24, 2.45) is 0 Å². The third-order valence-electron chi connectivity index (χ3n) is 3.91. The van der Waals surface area contributed by atoms with Gasteiger partial charge in [0.15, 0.2) is 0 Å². The zero-order valence-corrected chi connectivity index (χ0v) is 10.3. The number of para-hydroxylation sites is 1. The summed E-state index contributed by atoms with van der Waals surface area (Å²) in [6.07, 6.45) is 7.43. The SMILES string of the molecule is COc1ccccc1C1=CCCC2CCC1N2. The van der Waals surface area contributed by atoms with Crippen LogP contribution in [0.3, 0.4) is 0 Å².